The highest BCUT2D eigenvalue weighted by Crippen LogP contribution is 2.36. The zero-order valence-corrected chi connectivity index (χ0v) is 12.4. The number of methoxy groups -OCH3 is 1. The molecule has 1 aliphatic carbocycles. The van der Waals surface area contributed by atoms with Crippen molar-refractivity contribution in [2.45, 2.75) is 24.8 Å². The van der Waals surface area contributed by atoms with Crippen LogP contribution in [-0.4, -0.2) is 44.2 Å². The molecule has 0 unspecified atom stereocenters. The van der Waals surface area contributed by atoms with E-state index in [0.717, 1.165) is 12.2 Å². The molecule has 5 heteroatoms. The summed E-state index contributed by atoms with van der Waals surface area (Å²) in [7, 11) is 5.59. The van der Waals surface area contributed by atoms with Gasteiger partial charge in [-0.05, 0) is 51.6 Å². The number of benzene rings is 1. The fourth-order valence-electron chi connectivity index (χ4n) is 2.58. The number of hydrogen-bond acceptors (Lipinski definition) is 5. The molecule has 0 radical (unpaired) electrons. The third-order valence-corrected chi connectivity index (χ3v) is 4.32. The highest BCUT2D eigenvalue weighted by molar-refractivity contribution is 5.91. The van der Waals surface area contributed by atoms with Gasteiger partial charge in [0.2, 0.25) is 0 Å². The van der Waals surface area contributed by atoms with Crippen LogP contribution in [0.15, 0.2) is 18.2 Å². The summed E-state index contributed by atoms with van der Waals surface area (Å²) >= 11 is 0. The summed E-state index contributed by atoms with van der Waals surface area (Å²) in [5, 5.41) is 3.38. The first-order valence-electron chi connectivity index (χ1n) is 6.88. The van der Waals surface area contributed by atoms with Crippen LogP contribution in [0.3, 0.4) is 0 Å². The largest absolute Gasteiger partial charge is 0.465 e. The molecule has 0 bridgehead atoms. The van der Waals surface area contributed by atoms with E-state index in [0.29, 0.717) is 11.3 Å². The summed E-state index contributed by atoms with van der Waals surface area (Å²) in [6, 6.07) is 5.16. The number of carbonyl (C=O) groups is 1. The van der Waals surface area contributed by atoms with Crippen molar-refractivity contribution < 1.29 is 9.53 Å². The van der Waals surface area contributed by atoms with E-state index in [1.54, 1.807) is 18.2 Å². The van der Waals surface area contributed by atoms with Crippen molar-refractivity contribution in [3.8, 4) is 0 Å². The summed E-state index contributed by atoms with van der Waals surface area (Å²) in [5.41, 5.74) is 8.12. The average Bonchev–Trinajstić information content (AvgIpc) is 2.38. The van der Waals surface area contributed by atoms with E-state index in [9.17, 15) is 4.79 Å². The standard InChI is InChI=1S/C15H23N3O2/c1-18(2)15(7-4-8-15)10-17-13-9-11(14(19)20-3)5-6-12(13)16/h5-6,9,17H,4,7-8,10,16H2,1-3H3. The van der Waals surface area contributed by atoms with Crippen molar-refractivity contribution in [2.24, 2.45) is 0 Å². The Bertz CT molecular complexity index is 496. The predicted octanol–water partition coefficient (Wildman–Crippen LogP) is 1.95. The molecule has 20 heavy (non-hydrogen) atoms. The van der Waals surface area contributed by atoms with Gasteiger partial charge in [-0.15, -0.1) is 0 Å². The Kier molecular flexibility index (Phi) is 4.18. The summed E-state index contributed by atoms with van der Waals surface area (Å²) in [4.78, 5) is 13.8. The maximum absolute atomic E-state index is 11.6. The Balaban J connectivity index is 2.11. The van der Waals surface area contributed by atoms with Crippen molar-refractivity contribution in [2.75, 3.05) is 38.8 Å². The molecule has 3 N–H and O–H groups in total. The predicted molar refractivity (Wildman–Crippen MR) is 81.0 cm³/mol. The van der Waals surface area contributed by atoms with Crippen LogP contribution in [-0.2, 0) is 4.74 Å². The number of ether oxygens (including phenoxy) is 1. The second-order valence-corrected chi connectivity index (χ2v) is 5.62. The first-order valence-corrected chi connectivity index (χ1v) is 6.88. The van der Waals surface area contributed by atoms with Gasteiger partial charge in [-0.1, -0.05) is 0 Å². The molecule has 0 heterocycles. The smallest absolute Gasteiger partial charge is 0.337 e. The van der Waals surface area contributed by atoms with Crippen molar-refractivity contribution in [3.63, 3.8) is 0 Å². The second-order valence-electron chi connectivity index (χ2n) is 5.62. The van der Waals surface area contributed by atoms with Crippen molar-refractivity contribution in [1.82, 2.24) is 4.90 Å². The Hall–Kier alpha value is -1.75. The Morgan fingerprint density at radius 1 is 1.45 bits per heavy atom. The average molecular weight is 277 g/mol. The van der Waals surface area contributed by atoms with E-state index in [4.69, 9.17) is 10.5 Å². The first kappa shape index (κ1) is 14.7. The normalized spacial score (nSPS) is 16.6. The van der Waals surface area contributed by atoms with E-state index in [1.807, 2.05) is 0 Å². The van der Waals surface area contributed by atoms with Crippen LogP contribution in [0, 0.1) is 0 Å². The van der Waals surface area contributed by atoms with E-state index in [1.165, 1.54) is 26.4 Å². The molecule has 1 saturated carbocycles. The maximum atomic E-state index is 11.6. The molecule has 2 rings (SSSR count). The highest BCUT2D eigenvalue weighted by Gasteiger charge is 2.38. The number of carbonyl (C=O) groups excluding carboxylic acids is 1. The Labute approximate surface area is 120 Å². The minimum Gasteiger partial charge on any atom is -0.465 e. The van der Waals surface area contributed by atoms with Crippen LogP contribution in [0.2, 0.25) is 0 Å². The molecule has 1 aromatic rings. The molecule has 0 aliphatic heterocycles. The van der Waals surface area contributed by atoms with Gasteiger partial charge >= 0.3 is 5.97 Å². The number of nitrogens with two attached hydrogens (primary N) is 1. The number of esters is 1. The molecule has 5 nitrogen and oxygen atoms in total. The molecule has 0 amide bonds. The zero-order valence-electron chi connectivity index (χ0n) is 12.4. The number of rotatable bonds is 5. The molecule has 1 fully saturated rings. The van der Waals surface area contributed by atoms with E-state index in [2.05, 4.69) is 24.3 Å². The van der Waals surface area contributed by atoms with Crippen LogP contribution < -0.4 is 11.1 Å². The zero-order chi connectivity index (χ0) is 14.8. The van der Waals surface area contributed by atoms with E-state index < -0.39 is 0 Å². The lowest BCUT2D eigenvalue weighted by Gasteiger charge is -2.47. The van der Waals surface area contributed by atoms with Gasteiger partial charge in [0.25, 0.3) is 0 Å². The number of likely N-dealkylation sites (N-methyl/N-ethyl adjacent to an activating group) is 1. The highest BCUT2D eigenvalue weighted by atomic mass is 16.5. The van der Waals surface area contributed by atoms with Crippen molar-refractivity contribution in [3.05, 3.63) is 23.8 Å². The minimum absolute atomic E-state index is 0.202. The summed E-state index contributed by atoms with van der Waals surface area (Å²) in [5.74, 6) is -0.348. The monoisotopic (exact) mass is 277 g/mol. The number of anilines is 2. The number of nitrogens with zero attached hydrogens (tertiary/aromatic N) is 1. The molecule has 110 valence electrons. The third-order valence-electron chi connectivity index (χ3n) is 4.32. The first-order chi connectivity index (χ1) is 9.48. The van der Waals surface area contributed by atoms with Gasteiger partial charge in [0, 0.05) is 12.1 Å². The van der Waals surface area contributed by atoms with E-state index in [-0.39, 0.29) is 11.5 Å². The summed E-state index contributed by atoms with van der Waals surface area (Å²) in [6.45, 7) is 0.828. The molecule has 0 spiro atoms. The van der Waals surface area contributed by atoms with Crippen LogP contribution in [0.25, 0.3) is 0 Å². The molecule has 0 atom stereocenters. The van der Waals surface area contributed by atoms with Crippen molar-refractivity contribution >= 4 is 17.3 Å². The van der Waals surface area contributed by atoms with Gasteiger partial charge in [-0.25, -0.2) is 4.79 Å². The fraction of sp³-hybridized carbons (Fsp3) is 0.533. The summed E-state index contributed by atoms with van der Waals surface area (Å²) < 4.78 is 4.73. The van der Waals surface area contributed by atoms with Gasteiger partial charge in [-0.3, -0.25) is 0 Å². The SMILES string of the molecule is COC(=O)c1ccc(N)c(NCC2(N(C)C)CCC2)c1. The lowest BCUT2D eigenvalue weighted by Crippen LogP contribution is -2.54. The molecular formula is C15H23N3O2. The topological polar surface area (TPSA) is 67.6 Å². The van der Waals surface area contributed by atoms with Gasteiger partial charge in [0.1, 0.15) is 0 Å². The lowest BCUT2D eigenvalue weighted by molar-refractivity contribution is 0.0601. The van der Waals surface area contributed by atoms with Crippen molar-refractivity contribution in [1.29, 1.82) is 0 Å². The Morgan fingerprint density at radius 2 is 2.15 bits per heavy atom. The molecule has 1 aromatic carbocycles. The third kappa shape index (κ3) is 2.72. The number of nitrogens with one attached hydrogen (secondary N) is 1. The maximum Gasteiger partial charge on any atom is 0.337 e. The van der Waals surface area contributed by atoms with Gasteiger partial charge in [0.05, 0.1) is 24.0 Å². The van der Waals surface area contributed by atoms with Crippen LogP contribution in [0.5, 0.6) is 0 Å². The second kappa shape index (κ2) is 5.71. The Morgan fingerprint density at radius 3 is 2.65 bits per heavy atom. The fourth-order valence-corrected chi connectivity index (χ4v) is 2.58. The van der Waals surface area contributed by atoms with Gasteiger partial charge in [0.15, 0.2) is 0 Å². The molecule has 1 aliphatic rings. The quantitative estimate of drug-likeness (QED) is 0.636. The van der Waals surface area contributed by atoms with Gasteiger partial charge in [-0.2, -0.15) is 0 Å². The minimum atomic E-state index is -0.348. The molecule has 0 saturated heterocycles. The van der Waals surface area contributed by atoms with Crippen LogP contribution in [0.4, 0.5) is 11.4 Å². The lowest BCUT2D eigenvalue weighted by atomic mass is 9.75. The number of nitrogen functional groups attached to an aromatic ring is 1. The molecular weight excluding hydrogens is 254 g/mol. The van der Waals surface area contributed by atoms with Crippen LogP contribution in [0.1, 0.15) is 29.6 Å². The van der Waals surface area contributed by atoms with Gasteiger partial charge < -0.3 is 20.7 Å². The van der Waals surface area contributed by atoms with Crippen LogP contribution >= 0.6 is 0 Å². The number of hydrogen-bond donors (Lipinski definition) is 2. The molecule has 0 aromatic heterocycles. The summed E-state index contributed by atoms with van der Waals surface area (Å²) in [6.07, 6.45) is 3.63. The van der Waals surface area contributed by atoms with E-state index >= 15 is 0 Å².